The second-order valence-corrected chi connectivity index (χ2v) is 8.71. The van der Waals surface area contributed by atoms with Gasteiger partial charge in [-0.05, 0) is 68.5 Å². The van der Waals surface area contributed by atoms with Gasteiger partial charge >= 0.3 is 0 Å². The number of ether oxygens (including phenoxy) is 1. The zero-order valence-corrected chi connectivity index (χ0v) is 19.0. The van der Waals surface area contributed by atoms with Gasteiger partial charge in [0, 0.05) is 48.2 Å². The third-order valence-corrected chi connectivity index (χ3v) is 5.72. The van der Waals surface area contributed by atoms with Gasteiger partial charge in [-0.3, -0.25) is 9.79 Å². The van der Waals surface area contributed by atoms with Gasteiger partial charge < -0.3 is 15.0 Å². The molecule has 0 radical (unpaired) electrons. The summed E-state index contributed by atoms with van der Waals surface area (Å²) >= 11 is 0. The van der Waals surface area contributed by atoms with Gasteiger partial charge in [0.15, 0.2) is 0 Å². The Labute approximate surface area is 180 Å². The Balaban J connectivity index is 1.94. The molecule has 1 N–H and O–H groups in total. The molecule has 3 rings (SSSR count). The molecule has 5 heteroatoms. The Kier molecular flexibility index (Phi) is 6.49. The predicted octanol–water partition coefficient (Wildman–Crippen LogP) is 5.91. The lowest BCUT2D eigenvalue weighted by Gasteiger charge is -2.47. The number of amides is 1. The molecule has 1 unspecified atom stereocenters. The number of nitrogens with one attached hydrogen (secondary N) is 1. The first-order chi connectivity index (χ1) is 14.2. The average Bonchev–Trinajstić information content (AvgIpc) is 2.69. The minimum absolute atomic E-state index is 0.0838. The normalized spacial score (nSPS) is 17.7. The monoisotopic (exact) mass is 407 g/mol. The number of aliphatic imine (C=N–C) groups is 1. The topological polar surface area (TPSA) is 53.9 Å². The number of rotatable bonds is 6. The van der Waals surface area contributed by atoms with E-state index in [0.29, 0.717) is 5.92 Å². The number of anilines is 2. The highest BCUT2D eigenvalue weighted by Crippen LogP contribution is 2.45. The first kappa shape index (κ1) is 21.9. The fraction of sp³-hybridized carbons (Fsp3) is 0.440. The summed E-state index contributed by atoms with van der Waals surface area (Å²) in [5.41, 5.74) is 5.31. The molecule has 1 aliphatic heterocycles. The van der Waals surface area contributed by atoms with E-state index in [1.807, 2.05) is 30.5 Å². The maximum absolute atomic E-state index is 11.2. The molecule has 160 valence electrons. The average molecular weight is 408 g/mol. The van der Waals surface area contributed by atoms with Crippen LogP contribution in [0.2, 0.25) is 0 Å². The molecular formula is C25H33N3O2. The van der Waals surface area contributed by atoms with Gasteiger partial charge in [-0.25, -0.2) is 0 Å². The first-order valence-corrected chi connectivity index (χ1v) is 10.7. The number of benzene rings is 2. The second-order valence-electron chi connectivity index (χ2n) is 8.71. The molecule has 2 aromatic rings. The van der Waals surface area contributed by atoms with E-state index in [2.05, 4.69) is 55.0 Å². The number of carbonyl (C=O) groups is 1. The summed E-state index contributed by atoms with van der Waals surface area (Å²) < 4.78 is 5.73. The minimum atomic E-state index is -0.0838. The van der Waals surface area contributed by atoms with E-state index in [-0.39, 0.29) is 11.4 Å². The summed E-state index contributed by atoms with van der Waals surface area (Å²) in [6.07, 6.45) is 4.09. The van der Waals surface area contributed by atoms with Crippen LogP contribution in [0, 0.1) is 0 Å². The Morgan fingerprint density at radius 2 is 2.00 bits per heavy atom. The maximum Gasteiger partial charge on any atom is 0.221 e. The molecule has 0 saturated heterocycles. The molecule has 0 fully saturated rings. The van der Waals surface area contributed by atoms with Gasteiger partial charge in [0.05, 0.1) is 12.8 Å². The molecule has 0 spiro atoms. The van der Waals surface area contributed by atoms with E-state index in [9.17, 15) is 4.79 Å². The summed E-state index contributed by atoms with van der Waals surface area (Å²) in [4.78, 5) is 18.3. The highest BCUT2D eigenvalue weighted by molar-refractivity contribution is 5.90. The van der Waals surface area contributed by atoms with E-state index in [1.54, 1.807) is 7.11 Å². The minimum Gasteiger partial charge on any atom is -0.496 e. The largest absolute Gasteiger partial charge is 0.496 e. The van der Waals surface area contributed by atoms with E-state index >= 15 is 0 Å². The van der Waals surface area contributed by atoms with Crippen LogP contribution in [-0.4, -0.2) is 31.3 Å². The van der Waals surface area contributed by atoms with Crippen molar-refractivity contribution in [2.45, 2.75) is 58.9 Å². The van der Waals surface area contributed by atoms with Crippen molar-refractivity contribution in [3.8, 4) is 5.75 Å². The number of fused-ring (bicyclic) bond motifs is 1. The first-order valence-electron chi connectivity index (χ1n) is 10.7. The van der Waals surface area contributed by atoms with Crippen LogP contribution in [-0.2, 0) is 4.79 Å². The van der Waals surface area contributed by atoms with Crippen molar-refractivity contribution >= 4 is 29.2 Å². The molecule has 2 aromatic carbocycles. The smallest absolute Gasteiger partial charge is 0.221 e. The van der Waals surface area contributed by atoms with Crippen LogP contribution in [0.1, 0.15) is 64.5 Å². The highest BCUT2D eigenvalue weighted by Gasteiger charge is 2.36. The van der Waals surface area contributed by atoms with Gasteiger partial charge in [0.1, 0.15) is 5.75 Å². The fourth-order valence-electron chi connectivity index (χ4n) is 4.43. The zero-order chi connectivity index (χ0) is 21.9. The molecule has 0 saturated carbocycles. The van der Waals surface area contributed by atoms with Crippen LogP contribution in [0.25, 0.3) is 0 Å². The Morgan fingerprint density at radius 1 is 1.30 bits per heavy atom. The van der Waals surface area contributed by atoms with Gasteiger partial charge in [-0.15, -0.1) is 0 Å². The maximum atomic E-state index is 11.2. The number of hydrogen-bond donors (Lipinski definition) is 1. The third-order valence-electron chi connectivity index (χ3n) is 5.72. The van der Waals surface area contributed by atoms with E-state index in [0.717, 1.165) is 42.1 Å². The molecular weight excluding hydrogens is 374 g/mol. The molecule has 1 atom stereocenters. The van der Waals surface area contributed by atoms with Crippen molar-refractivity contribution < 1.29 is 9.53 Å². The van der Waals surface area contributed by atoms with Crippen LogP contribution >= 0.6 is 0 Å². The van der Waals surface area contributed by atoms with Crippen molar-refractivity contribution in [3.63, 3.8) is 0 Å². The number of methoxy groups -OCH3 is 1. The van der Waals surface area contributed by atoms with Crippen molar-refractivity contribution in [2.24, 2.45) is 4.99 Å². The Hall–Kier alpha value is -2.82. The molecule has 30 heavy (non-hydrogen) atoms. The lowest BCUT2D eigenvalue weighted by Crippen LogP contribution is -2.48. The second kappa shape index (κ2) is 8.90. The molecule has 0 aliphatic carbocycles. The third kappa shape index (κ3) is 4.66. The Bertz CT molecular complexity index is 932. The van der Waals surface area contributed by atoms with Crippen LogP contribution in [0.15, 0.2) is 41.4 Å². The fourth-order valence-corrected chi connectivity index (χ4v) is 4.43. The number of carbonyl (C=O) groups excluding carboxylic acids is 1. The van der Waals surface area contributed by atoms with Crippen molar-refractivity contribution in [2.75, 3.05) is 23.9 Å². The van der Waals surface area contributed by atoms with Crippen LogP contribution < -0.4 is 15.0 Å². The van der Waals surface area contributed by atoms with E-state index in [1.165, 1.54) is 18.2 Å². The summed E-state index contributed by atoms with van der Waals surface area (Å²) in [5.74, 6) is 1.22. The van der Waals surface area contributed by atoms with Crippen molar-refractivity contribution in [1.82, 2.24) is 0 Å². The van der Waals surface area contributed by atoms with Crippen LogP contribution in [0.4, 0.5) is 17.1 Å². The standard InChI is InChI=1S/C25H33N3O2/c1-7-12-28-23-14-24(30-6)19(13-22(23)17(2)15-25(28,4)5)16-26-20-8-10-21(11-9-20)27-18(3)29/h8-11,13-14,16-17H,7,12,15H2,1-6H3,(H,27,29). The highest BCUT2D eigenvalue weighted by atomic mass is 16.5. The zero-order valence-electron chi connectivity index (χ0n) is 19.0. The van der Waals surface area contributed by atoms with Crippen LogP contribution in [0.5, 0.6) is 5.75 Å². The van der Waals surface area contributed by atoms with Gasteiger partial charge in [0.2, 0.25) is 5.91 Å². The molecule has 0 aromatic heterocycles. The molecule has 1 aliphatic rings. The van der Waals surface area contributed by atoms with Crippen molar-refractivity contribution in [3.05, 3.63) is 47.5 Å². The molecule has 1 heterocycles. The lowest BCUT2D eigenvalue weighted by molar-refractivity contribution is -0.114. The SMILES string of the molecule is CCCN1c2cc(OC)c(C=Nc3ccc(NC(C)=O)cc3)cc2C(C)CC1(C)C. The number of nitrogens with zero attached hydrogens (tertiary/aromatic N) is 2. The molecule has 1 amide bonds. The summed E-state index contributed by atoms with van der Waals surface area (Å²) in [6.45, 7) is 11.7. The van der Waals surface area contributed by atoms with Crippen molar-refractivity contribution in [1.29, 1.82) is 0 Å². The van der Waals surface area contributed by atoms with Gasteiger partial charge in [0.25, 0.3) is 0 Å². The summed E-state index contributed by atoms with van der Waals surface area (Å²) in [5, 5.41) is 2.77. The number of hydrogen-bond acceptors (Lipinski definition) is 4. The summed E-state index contributed by atoms with van der Waals surface area (Å²) in [6, 6.07) is 11.9. The Morgan fingerprint density at radius 3 is 2.60 bits per heavy atom. The molecule has 5 nitrogen and oxygen atoms in total. The predicted molar refractivity (Wildman–Crippen MR) is 126 cm³/mol. The quantitative estimate of drug-likeness (QED) is 0.606. The van der Waals surface area contributed by atoms with Gasteiger partial charge in [-0.2, -0.15) is 0 Å². The summed E-state index contributed by atoms with van der Waals surface area (Å²) in [7, 11) is 1.71. The van der Waals surface area contributed by atoms with Gasteiger partial charge in [-0.1, -0.05) is 13.8 Å². The molecule has 0 bridgehead atoms. The van der Waals surface area contributed by atoms with E-state index in [4.69, 9.17) is 4.74 Å². The van der Waals surface area contributed by atoms with Crippen LogP contribution in [0.3, 0.4) is 0 Å². The van der Waals surface area contributed by atoms with E-state index < -0.39 is 0 Å². The lowest BCUT2D eigenvalue weighted by atomic mass is 9.79.